The zero-order valence-corrected chi connectivity index (χ0v) is 14.3. The van der Waals surface area contributed by atoms with E-state index in [0.29, 0.717) is 12.5 Å². The fourth-order valence-corrected chi connectivity index (χ4v) is 2.26. The number of hydrogen-bond acceptors (Lipinski definition) is 3. The van der Waals surface area contributed by atoms with Gasteiger partial charge in [-0.2, -0.15) is 0 Å². The van der Waals surface area contributed by atoms with Gasteiger partial charge in [0.15, 0.2) is 5.96 Å². The predicted molar refractivity (Wildman–Crippen MR) is 86.1 cm³/mol. The Morgan fingerprint density at radius 3 is 2.53 bits per heavy atom. The maximum atomic E-state index is 12.0. The number of guanidine groups is 1. The van der Waals surface area contributed by atoms with Crippen LogP contribution in [0.5, 0.6) is 0 Å². The number of rotatable bonds is 5. The Kier molecular flexibility index (Phi) is 9.15. The Hall–Kier alpha value is -0.510. The van der Waals surface area contributed by atoms with Crippen LogP contribution < -0.4 is 10.6 Å². The van der Waals surface area contributed by atoms with Crippen LogP contribution in [0, 0.1) is 13.8 Å². The minimum Gasteiger partial charge on any atom is -0.356 e. The monoisotopic (exact) mass is 404 g/mol. The Labute approximate surface area is 133 Å². The Balaban J connectivity index is 0.00000324. The highest BCUT2D eigenvalue weighted by Crippen LogP contribution is 2.16. The topological polar surface area (TPSA) is 49.3 Å². The second-order valence-corrected chi connectivity index (χ2v) is 5.06. The molecule has 0 saturated heterocycles. The first-order valence-corrected chi connectivity index (χ1v) is 6.50. The maximum absolute atomic E-state index is 12.0. The summed E-state index contributed by atoms with van der Waals surface area (Å²) in [5, 5.41) is 6.56. The molecule has 8 heteroatoms. The number of aromatic nitrogens is 1. The number of nitrogens with one attached hydrogen (secondary N) is 2. The molecule has 0 unspecified atom stereocenters. The van der Waals surface area contributed by atoms with Crippen LogP contribution in [0.2, 0.25) is 0 Å². The molecule has 1 rings (SSSR count). The van der Waals surface area contributed by atoms with Gasteiger partial charge in [0, 0.05) is 24.9 Å². The van der Waals surface area contributed by atoms with Gasteiger partial charge in [-0.15, -0.1) is 35.3 Å². The quantitative estimate of drug-likeness (QED) is 0.450. The first-order chi connectivity index (χ1) is 8.52. The van der Waals surface area contributed by atoms with E-state index in [9.17, 15) is 8.78 Å². The summed E-state index contributed by atoms with van der Waals surface area (Å²) in [7, 11) is 1.55. The molecule has 0 bridgehead atoms. The molecule has 1 aromatic rings. The van der Waals surface area contributed by atoms with Crippen molar-refractivity contribution in [3.63, 3.8) is 0 Å². The van der Waals surface area contributed by atoms with Crippen molar-refractivity contribution in [2.75, 3.05) is 20.1 Å². The molecule has 2 N–H and O–H groups in total. The van der Waals surface area contributed by atoms with E-state index in [4.69, 9.17) is 0 Å². The Morgan fingerprint density at radius 2 is 2.05 bits per heavy atom. The highest BCUT2D eigenvalue weighted by molar-refractivity contribution is 14.0. The molecule has 19 heavy (non-hydrogen) atoms. The number of halogens is 3. The van der Waals surface area contributed by atoms with Crippen molar-refractivity contribution in [3.05, 3.63) is 15.6 Å². The van der Waals surface area contributed by atoms with Crippen LogP contribution in [0.1, 0.15) is 15.6 Å². The van der Waals surface area contributed by atoms with Crippen molar-refractivity contribution < 1.29 is 8.78 Å². The third-order valence-corrected chi connectivity index (χ3v) is 3.48. The zero-order chi connectivity index (χ0) is 13.5. The number of aliphatic imine (C=N–C) groups is 1. The molecule has 4 nitrogen and oxygen atoms in total. The summed E-state index contributed by atoms with van der Waals surface area (Å²) in [5.74, 6) is 0.389. The lowest BCUT2D eigenvalue weighted by molar-refractivity contribution is 0.152. The molecule has 0 aliphatic carbocycles. The van der Waals surface area contributed by atoms with E-state index in [2.05, 4.69) is 20.6 Å². The first kappa shape index (κ1) is 18.5. The molecule has 0 aromatic carbocycles. The van der Waals surface area contributed by atoms with Crippen molar-refractivity contribution in [3.8, 4) is 0 Å². The van der Waals surface area contributed by atoms with Crippen LogP contribution in [0.25, 0.3) is 0 Å². The summed E-state index contributed by atoms with van der Waals surface area (Å²) in [6.07, 6.45) is -1.62. The molecular formula is C11H19F2IN4S. The van der Waals surface area contributed by atoms with E-state index in [-0.39, 0.29) is 24.0 Å². The van der Waals surface area contributed by atoms with Gasteiger partial charge in [0.25, 0.3) is 6.43 Å². The second-order valence-electron chi connectivity index (χ2n) is 3.77. The summed E-state index contributed by atoms with van der Waals surface area (Å²) >= 11 is 1.66. The van der Waals surface area contributed by atoms with Crippen molar-refractivity contribution in [1.29, 1.82) is 0 Å². The lowest BCUT2D eigenvalue weighted by atomic mass is 10.4. The Bertz CT molecular complexity index is 390. The van der Waals surface area contributed by atoms with Crippen molar-refractivity contribution in [2.24, 2.45) is 4.99 Å². The van der Waals surface area contributed by atoms with E-state index in [1.165, 1.54) is 4.88 Å². The van der Waals surface area contributed by atoms with Crippen LogP contribution in [-0.2, 0) is 6.42 Å². The molecule has 0 atom stereocenters. The molecule has 1 heterocycles. The van der Waals surface area contributed by atoms with Crippen LogP contribution in [-0.4, -0.2) is 37.5 Å². The summed E-state index contributed by atoms with van der Waals surface area (Å²) in [4.78, 5) is 9.48. The van der Waals surface area contributed by atoms with Gasteiger partial charge >= 0.3 is 0 Å². The van der Waals surface area contributed by atoms with Gasteiger partial charge in [0.1, 0.15) is 0 Å². The smallest absolute Gasteiger partial charge is 0.255 e. The van der Waals surface area contributed by atoms with Gasteiger partial charge in [0.2, 0.25) is 0 Å². The van der Waals surface area contributed by atoms with Gasteiger partial charge < -0.3 is 10.6 Å². The highest BCUT2D eigenvalue weighted by atomic mass is 127. The summed E-state index contributed by atoms with van der Waals surface area (Å²) in [6, 6.07) is 0. The van der Waals surface area contributed by atoms with Gasteiger partial charge in [0.05, 0.1) is 17.2 Å². The average Bonchev–Trinajstić information content (AvgIpc) is 2.63. The van der Waals surface area contributed by atoms with Crippen molar-refractivity contribution >= 4 is 41.3 Å². The predicted octanol–water partition coefficient (Wildman–Crippen LogP) is 2.35. The number of nitrogens with zero attached hydrogens (tertiary/aromatic N) is 2. The molecule has 0 amide bonds. The molecule has 1 aromatic heterocycles. The van der Waals surface area contributed by atoms with E-state index in [1.807, 2.05) is 13.8 Å². The Morgan fingerprint density at radius 1 is 1.37 bits per heavy atom. The highest BCUT2D eigenvalue weighted by Gasteiger charge is 2.06. The summed E-state index contributed by atoms with van der Waals surface area (Å²) < 4.78 is 24.0. The fourth-order valence-electron chi connectivity index (χ4n) is 1.33. The lowest BCUT2D eigenvalue weighted by Gasteiger charge is -2.10. The molecule has 0 spiro atoms. The van der Waals surface area contributed by atoms with E-state index in [1.54, 1.807) is 18.4 Å². The molecular weight excluding hydrogens is 385 g/mol. The van der Waals surface area contributed by atoms with E-state index < -0.39 is 13.0 Å². The third-order valence-electron chi connectivity index (χ3n) is 2.35. The first-order valence-electron chi connectivity index (χ1n) is 5.68. The minimum atomic E-state index is -2.38. The average molecular weight is 404 g/mol. The van der Waals surface area contributed by atoms with Gasteiger partial charge in [-0.1, -0.05) is 0 Å². The van der Waals surface area contributed by atoms with E-state index in [0.717, 1.165) is 17.1 Å². The van der Waals surface area contributed by atoms with Crippen LogP contribution >= 0.6 is 35.3 Å². The molecule has 0 aliphatic rings. The summed E-state index contributed by atoms with van der Waals surface area (Å²) in [6.45, 7) is 4.24. The molecule has 0 saturated carbocycles. The zero-order valence-electron chi connectivity index (χ0n) is 11.2. The standard InChI is InChI=1S/C11H18F2N4S.HI/c1-7-8(2)18-10(17-7)4-5-15-11(14-3)16-6-9(12)13;/h9H,4-6H2,1-3H3,(H2,14,15,16);1H. The molecule has 0 aliphatic heterocycles. The van der Waals surface area contributed by atoms with Crippen LogP contribution in [0.4, 0.5) is 8.78 Å². The molecule has 110 valence electrons. The minimum absolute atomic E-state index is 0. The number of aryl methyl sites for hydroxylation is 2. The van der Waals surface area contributed by atoms with Gasteiger partial charge in [-0.05, 0) is 13.8 Å². The number of thiazole rings is 1. The van der Waals surface area contributed by atoms with Crippen molar-refractivity contribution in [1.82, 2.24) is 15.6 Å². The number of alkyl halides is 2. The lowest BCUT2D eigenvalue weighted by Crippen LogP contribution is -2.40. The molecule has 0 radical (unpaired) electrons. The fraction of sp³-hybridized carbons (Fsp3) is 0.636. The normalized spacial score (nSPS) is 11.4. The van der Waals surface area contributed by atoms with Crippen molar-refractivity contribution in [2.45, 2.75) is 26.7 Å². The number of hydrogen-bond donors (Lipinski definition) is 2. The van der Waals surface area contributed by atoms with E-state index >= 15 is 0 Å². The second kappa shape index (κ2) is 9.40. The van der Waals surface area contributed by atoms with Crippen LogP contribution in [0.3, 0.4) is 0 Å². The van der Waals surface area contributed by atoms with Gasteiger partial charge in [-0.3, -0.25) is 4.99 Å². The van der Waals surface area contributed by atoms with Gasteiger partial charge in [-0.25, -0.2) is 13.8 Å². The van der Waals surface area contributed by atoms with Crippen LogP contribution in [0.15, 0.2) is 4.99 Å². The SMILES string of the molecule is CN=C(NCCc1nc(C)c(C)s1)NCC(F)F.I. The maximum Gasteiger partial charge on any atom is 0.255 e. The largest absolute Gasteiger partial charge is 0.356 e. The third kappa shape index (κ3) is 7.00. The summed E-state index contributed by atoms with van der Waals surface area (Å²) in [5.41, 5.74) is 1.05. The molecule has 0 fully saturated rings.